The summed E-state index contributed by atoms with van der Waals surface area (Å²) in [7, 11) is 0. The van der Waals surface area contributed by atoms with Gasteiger partial charge in [-0.15, -0.1) is 11.3 Å². The van der Waals surface area contributed by atoms with Crippen LogP contribution in [0, 0.1) is 0 Å². The summed E-state index contributed by atoms with van der Waals surface area (Å²) in [6, 6.07) is 17.6. The lowest BCUT2D eigenvalue weighted by Gasteiger charge is -2.30. The Kier molecular flexibility index (Phi) is 5.78. The second-order valence-corrected chi connectivity index (χ2v) is 10.1. The highest BCUT2D eigenvalue weighted by atomic mass is 35.5. The van der Waals surface area contributed by atoms with E-state index in [-0.39, 0.29) is 11.8 Å². The molecule has 1 aromatic heterocycles. The molecule has 164 valence electrons. The first-order valence-electron chi connectivity index (χ1n) is 11.1. The lowest BCUT2D eigenvalue weighted by Crippen LogP contribution is -2.38. The molecule has 1 N–H and O–H groups in total. The number of nitrogens with zero attached hydrogens (tertiary/aromatic N) is 1. The molecule has 2 aromatic carbocycles. The van der Waals surface area contributed by atoms with Gasteiger partial charge in [-0.25, -0.2) is 0 Å². The molecule has 1 aliphatic heterocycles. The predicted molar refractivity (Wildman–Crippen MR) is 129 cm³/mol. The van der Waals surface area contributed by atoms with Gasteiger partial charge >= 0.3 is 0 Å². The van der Waals surface area contributed by atoms with E-state index >= 15 is 0 Å². The number of fused-ring (bicyclic) bond motifs is 1. The molecular weight excluding hydrogens is 440 g/mol. The van der Waals surface area contributed by atoms with Gasteiger partial charge in [-0.1, -0.05) is 48.7 Å². The molecule has 1 saturated carbocycles. The number of amides is 2. The largest absolute Gasteiger partial charge is 0.333 e. The monoisotopic (exact) mass is 464 g/mol. The van der Waals surface area contributed by atoms with Gasteiger partial charge in [0, 0.05) is 23.8 Å². The first-order valence-corrected chi connectivity index (χ1v) is 12.3. The summed E-state index contributed by atoms with van der Waals surface area (Å²) in [6.07, 6.45) is 4.60. The smallest absolute Gasteiger partial charge is 0.264 e. The summed E-state index contributed by atoms with van der Waals surface area (Å²) in [4.78, 5) is 29.0. The summed E-state index contributed by atoms with van der Waals surface area (Å²) in [6.45, 7) is 1.28. The van der Waals surface area contributed by atoms with Crippen molar-refractivity contribution in [3.05, 3.63) is 86.6 Å². The second kappa shape index (κ2) is 8.72. The second-order valence-electron chi connectivity index (χ2n) is 8.69. The summed E-state index contributed by atoms with van der Waals surface area (Å²) in [5.74, 6) is 0.118. The first-order chi connectivity index (χ1) is 15.5. The van der Waals surface area contributed by atoms with Crippen molar-refractivity contribution < 1.29 is 9.59 Å². The highest BCUT2D eigenvalue weighted by Gasteiger charge is 2.42. The Morgan fingerprint density at radius 2 is 1.78 bits per heavy atom. The van der Waals surface area contributed by atoms with Crippen LogP contribution in [0.25, 0.3) is 0 Å². The highest BCUT2D eigenvalue weighted by Crippen LogP contribution is 2.42. The molecule has 0 spiro atoms. The van der Waals surface area contributed by atoms with Gasteiger partial charge in [0.15, 0.2) is 0 Å². The van der Waals surface area contributed by atoms with E-state index in [0.717, 1.165) is 60.3 Å². The number of hydrogen-bond acceptors (Lipinski definition) is 3. The summed E-state index contributed by atoms with van der Waals surface area (Å²) < 4.78 is 0. The molecular formula is C26H25ClN2O2S. The van der Waals surface area contributed by atoms with Crippen LogP contribution < -0.4 is 5.32 Å². The molecule has 1 aliphatic carbocycles. The molecule has 0 unspecified atom stereocenters. The number of nitrogens with one attached hydrogen (secondary N) is 1. The van der Waals surface area contributed by atoms with Gasteiger partial charge in [-0.3, -0.25) is 9.59 Å². The van der Waals surface area contributed by atoms with Crippen LogP contribution in [-0.2, 0) is 23.2 Å². The molecule has 6 heteroatoms. The zero-order valence-electron chi connectivity index (χ0n) is 17.8. The Bertz CT molecular complexity index is 1140. The Balaban J connectivity index is 1.36. The standard InChI is InChI=1S/C26H25ClN2O2S/c27-21-8-6-20(7-9-21)26(12-1-2-13-26)25(31)28-22-10-5-18-11-14-29(17-19(18)16-22)24(30)23-4-3-15-32-23/h3-10,15-16H,1-2,11-14,17H2,(H,28,31). The zero-order valence-corrected chi connectivity index (χ0v) is 19.3. The average molecular weight is 465 g/mol. The van der Waals surface area contributed by atoms with Gasteiger partial charge in [-0.2, -0.15) is 0 Å². The predicted octanol–water partition coefficient (Wildman–Crippen LogP) is 6.05. The molecule has 0 atom stereocenters. The SMILES string of the molecule is O=C(c1cccs1)N1CCc2ccc(NC(=O)C3(c4ccc(Cl)cc4)CCCC3)cc2C1. The third-order valence-electron chi connectivity index (χ3n) is 6.78. The minimum absolute atomic E-state index is 0.0413. The van der Waals surface area contributed by atoms with Crippen LogP contribution in [0.1, 0.15) is 52.0 Å². The van der Waals surface area contributed by atoms with Crippen molar-refractivity contribution in [3.63, 3.8) is 0 Å². The molecule has 0 saturated heterocycles. The molecule has 1 fully saturated rings. The Morgan fingerprint density at radius 1 is 1.00 bits per heavy atom. The third kappa shape index (κ3) is 3.96. The molecule has 32 heavy (non-hydrogen) atoms. The van der Waals surface area contributed by atoms with E-state index in [9.17, 15) is 9.59 Å². The van der Waals surface area contributed by atoms with E-state index in [1.165, 1.54) is 16.9 Å². The summed E-state index contributed by atoms with van der Waals surface area (Å²) in [5, 5.41) is 5.79. The van der Waals surface area contributed by atoms with Gasteiger partial charge in [0.1, 0.15) is 0 Å². The van der Waals surface area contributed by atoms with Gasteiger partial charge < -0.3 is 10.2 Å². The Morgan fingerprint density at radius 3 is 2.50 bits per heavy atom. The van der Waals surface area contributed by atoms with Crippen molar-refractivity contribution in [3.8, 4) is 0 Å². The fourth-order valence-electron chi connectivity index (χ4n) is 5.01. The highest BCUT2D eigenvalue weighted by molar-refractivity contribution is 7.12. The maximum Gasteiger partial charge on any atom is 0.264 e. The van der Waals surface area contributed by atoms with Gasteiger partial charge in [-0.05, 0) is 71.7 Å². The number of anilines is 1. The minimum Gasteiger partial charge on any atom is -0.333 e. The van der Waals surface area contributed by atoms with Crippen molar-refractivity contribution in [2.24, 2.45) is 0 Å². The number of hydrogen-bond donors (Lipinski definition) is 1. The maximum absolute atomic E-state index is 13.5. The van der Waals surface area contributed by atoms with E-state index in [1.807, 2.05) is 58.8 Å². The zero-order chi connectivity index (χ0) is 22.1. The third-order valence-corrected chi connectivity index (χ3v) is 7.89. The number of thiophene rings is 1. The number of benzene rings is 2. The van der Waals surface area contributed by atoms with Crippen LogP contribution in [0.2, 0.25) is 5.02 Å². The van der Waals surface area contributed by atoms with Crippen LogP contribution in [-0.4, -0.2) is 23.3 Å². The molecule has 2 amide bonds. The molecule has 0 bridgehead atoms. The van der Waals surface area contributed by atoms with Crippen molar-refractivity contribution >= 4 is 40.4 Å². The van der Waals surface area contributed by atoms with Gasteiger partial charge in [0.25, 0.3) is 5.91 Å². The van der Waals surface area contributed by atoms with E-state index in [4.69, 9.17) is 11.6 Å². The Labute approximate surface area is 197 Å². The number of halogens is 1. The lowest BCUT2D eigenvalue weighted by atomic mass is 9.78. The van der Waals surface area contributed by atoms with Crippen LogP contribution in [0.4, 0.5) is 5.69 Å². The van der Waals surface area contributed by atoms with Gasteiger partial charge in [0.2, 0.25) is 5.91 Å². The van der Waals surface area contributed by atoms with Crippen LogP contribution in [0.5, 0.6) is 0 Å². The molecule has 4 nitrogen and oxygen atoms in total. The molecule has 3 aromatic rings. The normalized spacial score (nSPS) is 17.1. The van der Waals surface area contributed by atoms with Crippen LogP contribution in [0.15, 0.2) is 60.0 Å². The van der Waals surface area contributed by atoms with E-state index < -0.39 is 5.41 Å². The van der Waals surface area contributed by atoms with Crippen molar-refractivity contribution in [1.82, 2.24) is 4.90 Å². The van der Waals surface area contributed by atoms with E-state index in [0.29, 0.717) is 11.6 Å². The molecule has 0 radical (unpaired) electrons. The topological polar surface area (TPSA) is 49.4 Å². The van der Waals surface area contributed by atoms with Crippen molar-refractivity contribution in [1.29, 1.82) is 0 Å². The maximum atomic E-state index is 13.5. The number of carbonyl (C=O) groups is 2. The fourth-order valence-corrected chi connectivity index (χ4v) is 5.83. The van der Waals surface area contributed by atoms with Crippen molar-refractivity contribution in [2.45, 2.75) is 44.1 Å². The number of rotatable bonds is 4. The van der Waals surface area contributed by atoms with Crippen molar-refractivity contribution in [2.75, 3.05) is 11.9 Å². The minimum atomic E-state index is -0.512. The first kappa shape index (κ1) is 21.2. The summed E-state index contributed by atoms with van der Waals surface area (Å²) >= 11 is 7.55. The van der Waals surface area contributed by atoms with E-state index in [2.05, 4.69) is 11.4 Å². The number of carbonyl (C=O) groups excluding carboxylic acids is 2. The fraction of sp³-hybridized carbons (Fsp3) is 0.308. The van der Waals surface area contributed by atoms with Crippen LogP contribution >= 0.6 is 22.9 Å². The lowest BCUT2D eigenvalue weighted by molar-refractivity contribution is -0.121. The summed E-state index contributed by atoms with van der Waals surface area (Å²) in [5.41, 5.74) is 3.65. The average Bonchev–Trinajstić information content (AvgIpc) is 3.52. The van der Waals surface area contributed by atoms with E-state index in [1.54, 1.807) is 0 Å². The quantitative estimate of drug-likeness (QED) is 0.510. The molecule has 2 heterocycles. The van der Waals surface area contributed by atoms with Crippen LogP contribution in [0.3, 0.4) is 0 Å². The molecule has 5 rings (SSSR count). The Hall–Kier alpha value is -2.63. The van der Waals surface area contributed by atoms with Gasteiger partial charge in [0.05, 0.1) is 10.3 Å². The molecule has 2 aliphatic rings.